The molecule has 0 aromatic rings. The van der Waals surface area contributed by atoms with E-state index < -0.39 is 97.5 Å². The maximum Gasteiger partial charge on any atom is 0.472 e. The third-order valence-electron chi connectivity index (χ3n) is 16.5. The first kappa shape index (κ1) is 87.1. The number of ether oxygens (including phenoxy) is 4. The van der Waals surface area contributed by atoms with E-state index in [1.807, 2.05) is 0 Å². The normalized spacial score (nSPS) is 14.5. The van der Waals surface area contributed by atoms with Gasteiger partial charge in [0.25, 0.3) is 0 Å². The van der Waals surface area contributed by atoms with Crippen LogP contribution < -0.4 is 0 Å². The van der Waals surface area contributed by atoms with E-state index in [4.69, 9.17) is 37.0 Å². The highest BCUT2D eigenvalue weighted by atomic mass is 31.2. The van der Waals surface area contributed by atoms with E-state index in [0.717, 1.165) is 115 Å². The predicted molar refractivity (Wildman–Crippen MR) is 358 cm³/mol. The number of phosphoric ester groups is 2. The summed E-state index contributed by atoms with van der Waals surface area (Å²) in [5.41, 5.74) is 0. The summed E-state index contributed by atoms with van der Waals surface area (Å²) in [5.74, 6) is 0.163. The highest BCUT2D eigenvalue weighted by molar-refractivity contribution is 7.47. The SMILES string of the molecule is CCCCCCCCCC(=O)OC[C@H](COP(=O)(O)OC[C@H](O)COP(=O)(O)OC[C@@H](COC(=O)CCCCCCCCCCCCCCC(C)C)OC(=O)CCCCCCCCCCCCCCCCC(C)CC)OC(=O)CCCCCCCCC(C)C. The minimum absolute atomic E-state index is 0.102. The van der Waals surface area contributed by atoms with Crippen LogP contribution in [0.2, 0.25) is 0 Å². The first-order valence-electron chi connectivity index (χ1n) is 36.4. The van der Waals surface area contributed by atoms with Gasteiger partial charge in [0.15, 0.2) is 12.2 Å². The van der Waals surface area contributed by atoms with Crippen LogP contribution in [0.1, 0.15) is 350 Å². The second-order valence-electron chi connectivity index (χ2n) is 26.5. The van der Waals surface area contributed by atoms with Crippen molar-refractivity contribution in [1.82, 2.24) is 0 Å². The Bertz CT molecular complexity index is 1750. The van der Waals surface area contributed by atoms with Crippen LogP contribution in [0, 0.1) is 17.8 Å². The number of hydrogen-bond donors (Lipinski definition) is 3. The molecule has 0 spiro atoms. The molecule has 6 atom stereocenters. The lowest BCUT2D eigenvalue weighted by atomic mass is 9.99. The Kier molecular flexibility index (Phi) is 59.6. The standard InChI is InChI=1S/C70H136O17P2/c1-8-10-11-12-27-37-44-51-67(72)80-57-66(87-70(75)54-47-40-33-32-35-42-49-62(5)6)60-85-89(78,79)83-56-64(71)55-82-88(76,77)84-59-65(58-81-68(73)52-45-38-30-25-21-18-17-19-23-28-34-41-48-61(3)4)86-69(74)53-46-39-31-26-22-16-14-13-15-20-24-29-36-43-50-63(7)9-2/h61-66,71H,8-60H2,1-7H3,(H,76,77)(H,78,79)/t63?,64-,65-,66-/m1/s1. The Morgan fingerprint density at radius 2 is 0.573 bits per heavy atom. The molecule has 528 valence electrons. The van der Waals surface area contributed by atoms with Crippen molar-refractivity contribution in [3.8, 4) is 0 Å². The van der Waals surface area contributed by atoms with Gasteiger partial charge in [-0.15, -0.1) is 0 Å². The summed E-state index contributed by atoms with van der Waals surface area (Å²) in [7, 11) is -9.89. The van der Waals surface area contributed by atoms with Crippen LogP contribution in [-0.4, -0.2) is 96.7 Å². The summed E-state index contributed by atoms with van der Waals surface area (Å²) in [5, 5.41) is 10.6. The molecule has 0 aliphatic carbocycles. The lowest BCUT2D eigenvalue weighted by Gasteiger charge is -2.21. The molecule has 0 heterocycles. The number of aliphatic hydroxyl groups excluding tert-OH is 1. The molecule has 0 aliphatic rings. The van der Waals surface area contributed by atoms with Crippen molar-refractivity contribution < 1.29 is 80.2 Å². The van der Waals surface area contributed by atoms with Crippen LogP contribution in [0.4, 0.5) is 0 Å². The summed E-state index contributed by atoms with van der Waals surface area (Å²) < 4.78 is 68.1. The molecule has 0 saturated heterocycles. The third-order valence-corrected chi connectivity index (χ3v) is 18.4. The highest BCUT2D eigenvalue weighted by Gasteiger charge is 2.30. The molecule has 0 radical (unpaired) electrons. The molecule has 17 nitrogen and oxygen atoms in total. The van der Waals surface area contributed by atoms with E-state index in [1.165, 1.54) is 148 Å². The molecular formula is C70H136O17P2. The van der Waals surface area contributed by atoms with Crippen molar-refractivity contribution in [1.29, 1.82) is 0 Å². The lowest BCUT2D eigenvalue weighted by molar-refractivity contribution is -0.161. The Balaban J connectivity index is 5.19. The van der Waals surface area contributed by atoms with Gasteiger partial charge in [-0.2, -0.15) is 0 Å². The van der Waals surface area contributed by atoms with E-state index in [1.54, 1.807) is 0 Å². The molecule has 0 bridgehead atoms. The average Bonchev–Trinajstić information content (AvgIpc) is 3.70. The van der Waals surface area contributed by atoms with Gasteiger partial charge in [-0.1, -0.05) is 299 Å². The van der Waals surface area contributed by atoms with Gasteiger partial charge in [-0.25, -0.2) is 9.13 Å². The maximum absolute atomic E-state index is 13.0. The number of aliphatic hydroxyl groups is 1. The number of carbonyl (C=O) groups is 4. The van der Waals surface area contributed by atoms with E-state index in [9.17, 15) is 43.2 Å². The van der Waals surface area contributed by atoms with E-state index in [2.05, 4.69) is 48.5 Å². The zero-order valence-electron chi connectivity index (χ0n) is 57.9. The molecule has 0 aromatic carbocycles. The number of rotatable bonds is 68. The minimum atomic E-state index is -4.95. The highest BCUT2D eigenvalue weighted by Crippen LogP contribution is 2.45. The Morgan fingerprint density at radius 3 is 0.854 bits per heavy atom. The van der Waals surface area contributed by atoms with Gasteiger partial charge in [0.05, 0.1) is 26.4 Å². The maximum atomic E-state index is 13.0. The Hall–Kier alpha value is -1.94. The first-order chi connectivity index (χ1) is 42.8. The molecule has 0 aromatic heterocycles. The molecule has 0 fully saturated rings. The largest absolute Gasteiger partial charge is 0.472 e. The number of esters is 4. The number of hydrogen-bond acceptors (Lipinski definition) is 15. The average molecular weight is 1310 g/mol. The predicted octanol–water partition coefficient (Wildman–Crippen LogP) is 19.8. The molecule has 0 rings (SSSR count). The number of carbonyl (C=O) groups excluding carboxylic acids is 4. The zero-order chi connectivity index (χ0) is 65.9. The topological polar surface area (TPSA) is 237 Å². The monoisotopic (exact) mass is 1310 g/mol. The first-order valence-corrected chi connectivity index (χ1v) is 39.4. The van der Waals surface area contributed by atoms with E-state index in [-0.39, 0.29) is 25.7 Å². The third kappa shape index (κ3) is 63.2. The van der Waals surface area contributed by atoms with Crippen molar-refractivity contribution >= 4 is 39.5 Å². The zero-order valence-corrected chi connectivity index (χ0v) is 59.7. The van der Waals surface area contributed by atoms with Crippen molar-refractivity contribution in [3.05, 3.63) is 0 Å². The van der Waals surface area contributed by atoms with E-state index >= 15 is 0 Å². The van der Waals surface area contributed by atoms with Crippen molar-refractivity contribution in [2.24, 2.45) is 17.8 Å². The number of unbranched alkanes of at least 4 members (excludes halogenated alkanes) is 35. The van der Waals surface area contributed by atoms with Crippen molar-refractivity contribution in [3.63, 3.8) is 0 Å². The lowest BCUT2D eigenvalue weighted by Crippen LogP contribution is -2.30. The second-order valence-corrected chi connectivity index (χ2v) is 29.4. The van der Waals surface area contributed by atoms with Gasteiger partial charge < -0.3 is 33.8 Å². The summed E-state index contributed by atoms with van der Waals surface area (Å²) in [6.07, 6.45) is 44.7. The fourth-order valence-corrected chi connectivity index (χ4v) is 12.1. The molecule has 3 N–H and O–H groups in total. The van der Waals surface area contributed by atoms with Gasteiger partial charge in [-0.3, -0.25) is 37.3 Å². The Morgan fingerprint density at radius 1 is 0.326 bits per heavy atom. The molecule has 0 amide bonds. The van der Waals surface area contributed by atoms with Gasteiger partial charge >= 0.3 is 39.5 Å². The summed E-state index contributed by atoms with van der Waals surface area (Å²) in [4.78, 5) is 72.3. The summed E-state index contributed by atoms with van der Waals surface area (Å²) in [6, 6.07) is 0. The smallest absolute Gasteiger partial charge is 0.462 e. The van der Waals surface area contributed by atoms with Gasteiger partial charge in [-0.05, 0) is 43.4 Å². The molecule has 3 unspecified atom stereocenters. The molecule has 0 aliphatic heterocycles. The van der Waals surface area contributed by atoms with Crippen LogP contribution >= 0.6 is 15.6 Å². The minimum Gasteiger partial charge on any atom is -0.462 e. The quantitative estimate of drug-likeness (QED) is 0.0222. The summed E-state index contributed by atoms with van der Waals surface area (Å²) >= 11 is 0. The van der Waals surface area contributed by atoms with Crippen molar-refractivity contribution in [2.45, 2.75) is 369 Å². The van der Waals surface area contributed by atoms with Crippen LogP contribution in [0.15, 0.2) is 0 Å². The summed E-state index contributed by atoms with van der Waals surface area (Å²) in [6.45, 7) is 11.8. The number of phosphoric acid groups is 2. The molecular weight excluding hydrogens is 1170 g/mol. The Labute approximate surface area is 543 Å². The van der Waals surface area contributed by atoms with Crippen LogP contribution in [0.5, 0.6) is 0 Å². The second kappa shape index (κ2) is 61.0. The van der Waals surface area contributed by atoms with Gasteiger partial charge in [0, 0.05) is 25.7 Å². The van der Waals surface area contributed by atoms with Crippen LogP contribution in [0.3, 0.4) is 0 Å². The fourth-order valence-electron chi connectivity index (χ4n) is 10.5. The van der Waals surface area contributed by atoms with E-state index in [0.29, 0.717) is 31.6 Å². The van der Waals surface area contributed by atoms with Crippen molar-refractivity contribution in [2.75, 3.05) is 39.6 Å². The van der Waals surface area contributed by atoms with Gasteiger partial charge in [0.1, 0.15) is 19.3 Å². The van der Waals surface area contributed by atoms with Crippen LogP contribution in [-0.2, 0) is 65.4 Å². The molecule has 19 heteroatoms. The van der Waals surface area contributed by atoms with Gasteiger partial charge in [0.2, 0.25) is 0 Å². The molecule has 0 saturated carbocycles. The fraction of sp³-hybridized carbons (Fsp3) is 0.943. The molecule has 89 heavy (non-hydrogen) atoms. The van der Waals surface area contributed by atoms with Crippen LogP contribution in [0.25, 0.3) is 0 Å².